The lowest BCUT2D eigenvalue weighted by Gasteiger charge is -2.27. The van der Waals surface area contributed by atoms with Crippen molar-refractivity contribution >= 4 is 34.6 Å². The van der Waals surface area contributed by atoms with Gasteiger partial charge >= 0.3 is 0 Å². The van der Waals surface area contributed by atoms with E-state index in [0.717, 1.165) is 29.5 Å². The second kappa shape index (κ2) is 19.7. The van der Waals surface area contributed by atoms with Gasteiger partial charge in [-0.05, 0) is 74.1 Å². The Morgan fingerprint density at radius 2 is 1.56 bits per heavy atom. The highest BCUT2D eigenvalue weighted by atomic mass is 35.5. The number of hydrogen-bond donors (Lipinski definition) is 3. The van der Waals surface area contributed by atoms with Crippen molar-refractivity contribution < 1.29 is 4.79 Å². The molecule has 7 heteroatoms. The van der Waals surface area contributed by atoms with Crippen molar-refractivity contribution in [3.8, 4) is 0 Å². The number of benzene rings is 2. The summed E-state index contributed by atoms with van der Waals surface area (Å²) in [7, 11) is 1.85. The van der Waals surface area contributed by atoms with Crippen molar-refractivity contribution in [3.63, 3.8) is 0 Å². The molecule has 1 atom stereocenters. The third-order valence-electron chi connectivity index (χ3n) is 6.31. The summed E-state index contributed by atoms with van der Waals surface area (Å²) < 4.78 is 0. The number of halogens is 1. The highest BCUT2D eigenvalue weighted by Crippen LogP contribution is 2.30. The first-order valence-corrected chi connectivity index (χ1v) is 14.9. The molecule has 0 radical (unpaired) electrons. The van der Waals surface area contributed by atoms with E-state index >= 15 is 0 Å². The van der Waals surface area contributed by atoms with Crippen LogP contribution in [0.5, 0.6) is 0 Å². The van der Waals surface area contributed by atoms with Gasteiger partial charge in [0.1, 0.15) is 5.82 Å². The molecule has 0 saturated heterocycles. The number of carbonyl (C=O) groups is 1. The van der Waals surface area contributed by atoms with E-state index < -0.39 is 0 Å². The first kappa shape index (κ1) is 37.6. The van der Waals surface area contributed by atoms with Gasteiger partial charge in [0, 0.05) is 41.8 Å². The molecule has 2 aromatic carbocycles. The summed E-state index contributed by atoms with van der Waals surface area (Å²) in [6.45, 7) is 22.1. The quantitative estimate of drug-likeness (QED) is 0.133. The number of pyridine rings is 1. The molecule has 0 amide bonds. The number of carbonyl (C=O) groups excluding carboxylic acids is 1. The van der Waals surface area contributed by atoms with Crippen molar-refractivity contribution in [2.24, 2.45) is 5.73 Å². The molecule has 0 aliphatic heterocycles. The summed E-state index contributed by atoms with van der Waals surface area (Å²) in [6.07, 6.45) is 3.81. The minimum atomic E-state index is -0.215. The molecule has 0 fully saturated rings. The molecular formula is C34H52ClN5O. The number of rotatable bonds is 9. The van der Waals surface area contributed by atoms with Crippen molar-refractivity contribution in [2.75, 3.05) is 18.1 Å². The van der Waals surface area contributed by atoms with Crippen LogP contribution in [0.2, 0.25) is 5.02 Å². The lowest BCUT2D eigenvalue weighted by Crippen LogP contribution is -2.34. The van der Waals surface area contributed by atoms with Gasteiger partial charge in [-0.15, -0.1) is 0 Å². The van der Waals surface area contributed by atoms with Crippen LogP contribution >= 0.6 is 11.6 Å². The number of Topliss-reactive ketones (excluding diaryl/α,β-unsaturated/α-hetero) is 1. The summed E-state index contributed by atoms with van der Waals surface area (Å²) in [5.41, 5.74) is 19.5. The van der Waals surface area contributed by atoms with Crippen LogP contribution in [0, 0.1) is 6.92 Å². The normalized spacial score (nSPS) is 10.4. The van der Waals surface area contributed by atoms with Crippen molar-refractivity contribution in [1.82, 2.24) is 9.88 Å². The predicted octanol–water partition coefficient (Wildman–Crippen LogP) is 8.51. The second-order valence-corrected chi connectivity index (χ2v) is 9.56. The number of hydrogen-bond acceptors (Lipinski definition) is 6. The summed E-state index contributed by atoms with van der Waals surface area (Å²) in [4.78, 5) is 18.0. The van der Waals surface area contributed by atoms with Crippen LogP contribution in [0.1, 0.15) is 93.6 Å². The van der Waals surface area contributed by atoms with E-state index in [-0.39, 0.29) is 11.9 Å². The van der Waals surface area contributed by atoms with Gasteiger partial charge in [0.05, 0.1) is 11.7 Å². The number of nitrogens with one attached hydrogen (secondary N) is 1. The molecule has 0 spiro atoms. The Bertz CT molecular complexity index is 1220. The lowest BCUT2D eigenvalue weighted by molar-refractivity contribution is 0.101. The van der Waals surface area contributed by atoms with Crippen molar-refractivity contribution in [2.45, 2.75) is 87.9 Å². The Morgan fingerprint density at radius 1 is 1.02 bits per heavy atom. The van der Waals surface area contributed by atoms with E-state index in [1.54, 1.807) is 18.3 Å². The molecule has 1 unspecified atom stereocenters. The number of nitrogen functional groups attached to an aromatic ring is 1. The van der Waals surface area contributed by atoms with Gasteiger partial charge in [-0.1, -0.05) is 84.0 Å². The maximum absolute atomic E-state index is 11.9. The van der Waals surface area contributed by atoms with Gasteiger partial charge in [-0.2, -0.15) is 0 Å². The van der Waals surface area contributed by atoms with Gasteiger partial charge < -0.3 is 21.7 Å². The zero-order chi connectivity index (χ0) is 31.7. The molecule has 41 heavy (non-hydrogen) atoms. The van der Waals surface area contributed by atoms with E-state index in [4.69, 9.17) is 23.1 Å². The van der Waals surface area contributed by atoms with Gasteiger partial charge in [-0.3, -0.25) is 4.79 Å². The summed E-state index contributed by atoms with van der Waals surface area (Å²) in [6, 6.07) is 14.0. The molecule has 1 heterocycles. The van der Waals surface area contributed by atoms with Gasteiger partial charge in [0.15, 0.2) is 5.78 Å². The SMILES string of the molecule is C=C(c1cc(Cl)cc(CNc2ncc(C)cc2C(C)=O)c1N)N(C)C(C)N.CC.CC.CCc1ccccc1CC. The average molecular weight is 582 g/mol. The van der Waals surface area contributed by atoms with Crippen LogP contribution in [0.3, 0.4) is 0 Å². The Balaban J connectivity index is 0.000000950. The van der Waals surface area contributed by atoms with E-state index in [1.807, 2.05) is 59.6 Å². The monoisotopic (exact) mass is 581 g/mol. The number of aryl methyl sites for hydroxylation is 3. The predicted molar refractivity (Wildman–Crippen MR) is 181 cm³/mol. The standard InChI is InChI=1S/C20H26ClN5O.C10H14.2C2H6/c1-11-6-18(13(3)27)20(24-9-11)25-10-15-7-16(21)8-17(19(15)23)12(2)26(5)14(4)22;1-3-9-7-5-6-8-10(9)4-2;2*1-2/h6-9,14H,2,10,22-23H2,1,3-5H3,(H,24,25);5-8H,3-4H2,1-2H3;2*1-2H3. The minimum Gasteiger partial charge on any atom is -0.398 e. The topological polar surface area (TPSA) is 97.3 Å². The molecule has 226 valence electrons. The molecule has 0 aliphatic carbocycles. The lowest BCUT2D eigenvalue weighted by atomic mass is 10.0. The number of nitrogens with two attached hydrogens (primary N) is 2. The third-order valence-corrected chi connectivity index (χ3v) is 6.53. The van der Waals surface area contributed by atoms with Gasteiger partial charge in [-0.25, -0.2) is 4.98 Å². The molecule has 6 nitrogen and oxygen atoms in total. The molecule has 0 saturated carbocycles. The maximum atomic E-state index is 11.9. The minimum absolute atomic E-state index is 0.0552. The third kappa shape index (κ3) is 11.6. The fraction of sp³-hybridized carbons (Fsp3) is 0.412. The number of ketones is 1. The largest absolute Gasteiger partial charge is 0.398 e. The molecule has 3 aromatic rings. The Labute approximate surface area is 254 Å². The first-order valence-electron chi connectivity index (χ1n) is 14.5. The zero-order valence-electron chi connectivity index (χ0n) is 26.9. The highest BCUT2D eigenvalue weighted by molar-refractivity contribution is 6.31. The van der Waals surface area contributed by atoms with Crippen LogP contribution in [0.15, 0.2) is 55.2 Å². The van der Waals surface area contributed by atoms with Crippen LogP contribution in [0.25, 0.3) is 5.70 Å². The molecular weight excluding hydrogens is 530 g/mol. The zero-order valence-corrected chi connectivity index (χ0v) is 27.6. The smallest absolute Gasteiger partial charge is 0.163 e. The van der Waals surface area contributed by atoms with Crippen molar-refractivity contribution in [3.05, 3.63) is 93.6 Å². The van der Waals surface area contributed by atoms with Crippen LogP contribution < -0.4 is 16.8 Å². The van der Waals surface area contributed by atoms with Crippen LogP contribution in [-0.4, -0.2) is 28.9 Å². The van der Waals surface area contributed by atoms with Crippen LogP contribution in [0.4, 0.5) is 11.5 Å². The molecule has 1 aromatic heterocycles. The fourth-order valence-electron chi connectivity index (χ4n) is 3.90. The molecule has 0 bridgehead atoms. The summed E-state index contributed by atoms with van der Waals surface area (Å²) in [5.74, 6) is 0.459. The maximum Gasteiger partial charge on any atom is 0.163 e. The van der Waals surface area contributed by atoms with Gasteiger partial charge in [0.25, 0.3) is 0 Å². The van der Waals surface area contributed by atoms with Crippen molar-refractivity contribution in [1.29, 1.82) is 0 Å². The fourth-order valence-corrected chi connectivity index (χ4v) is 4.14. The summed E-state index contributed by atoms with van der Waals surface area (Å²) >= 11 is 6.29. The van der Waals surface area contributed by atoms with E-state index in [9.17, 15) is 4.79 Å². The van der Waals surface area contributed by atoms with Gasteiger partial charge in [0.2, 0.25) is 0 Å². The summed E-state index contributed by atoms with van der Waals surface area (Å²) in [5, 5.41) is 3.73. The van der Waals surface area contributed by atoms with E-state index in [1.165, 1.54) is 18.1 Å². The molecule has 3 rings (SSSR count). The Kier molecular flexibility index (Phi) is 18.1. The molecule has 0 aliphatic rings. The average Bonchev–Trinajstić information content (AvgIpc) is 2.99. The second-order valence-electron chi connectivity index (χ2n) is 9.12. The Morgan fingerprint density at radius 3 is 2.02 bits per heavy atom. The van der Waals surface area contributed by atoms with Crippen LogP contribution in [-0.2, 0) is 19.4 Å². The number of anilines is 2. The van der Waals surface area contributed by atoms with E-state index in [2.05, 4.69) is 55.0 Å². The first-order chi connectivity index (χ1) is 19.5. The number of nitrogens with zero attached hydrogens (tertiary/aromatic N) is 2. The Hall–Kier alpha value is -3.35. The number of aromatic nitrogens is 1. The highest BCUT2D eigenvalue weighted by Gasteiger charge is 2.16. The molecule has 5 N–H and O–H groups in total. The van der Waals surface area contributed by atoms with E-state index in [0.29, 0.717) is 34.3 Å².